The van der Waals surface area contributed by atoms with E-state index in [4.69, 9.17) is 0 Å². The summed E-state index contributed by atoms with van der Waals surface area (Å²) >= 11 is 0. The number of Topliss-reactive ketones (excluding diaryl/α,β-unsaturated/α-hetero) is 1. The lowest BCUT2D eigenvalue weighted by Gasteiger charge is -2.32. The van der Waals surface area contributed by atoms with Crippen LogP contribution in [0.2, 0.25) is 0 Å². The lowest BCUT2D eigenvalue weighted by molar-refractivity contribution is -1.01. The van der Waals surface area contributed by atoms with Gasteiger partial charge < -0.3 is 14.9 Å². The number of hydrogen-bond acceptors (Lipinski definition) is 3. The third-order valence-corrected chi connectivity index (χ3v) is 6.58. The Balaban J connectivity index is 1.56. The molecule has 4 rings (SSSR count). The molecule has 158 valence electrons. The largest absolute Gasteiger partial charge is 0.375 e. The van der Waals surface area contributed by atoms with E-state index in [1.807, 2.05) is 37.3 Å². The minimum Gasteiger partial charge on any atom is -0.375 e. The molecule has 1 amide bonds. The summed E-state index contributed by atoms with van der Waals surface area (Å²) in [7, 11) is 0. The number of fused-ring (bicyclic) bond motifs is 1. The van der Waals surface area contributed by atoms with Gasteiger partial charge in [0.2, 0.25) is 0 Å². The number of ketones is 1. The van der Waals surface area contributed by atoms with Gasteiger partial charge in [0.05, 0.1) is 18.7 Å². The maximum Gasteiger partial charge on any atom is 0.268 e. The standard InChI is InChI=1S/C24H29N3O3/c1-3-25-12-14-26(15-13-25)17-27-21-7-5-4-6-20(21)24(30,23(27)29)16-22(28)19-10-8-18(2)9-11-19/h4-11,30H,3,12-17H2,1-2H3/p+2/t24-/m1/s1. The van der Waals surface area contributed by atoms with Gasteiger partial charge in [-0.15, -0.1) is 0 Å². The summed E-state index contributed by atoms with van der Waals surface area (Å²) in [6.45, 7) is 9.98. The maximum absolute atomic E-state index is 13.4. The van der Waals surface area contributed by atoms with Crippen molar-refractivity contribution in [3.8, 4) is 0 Å². The number of para-hydroxylation sites is 1. The van der Waals surface area contributed by atoms with E-state index >= 15 is 0 Å². The Bertz CT molecular complexity index is 935. The Kier molecular flexibility index (Phi) is 5.73. The number of quaternary nitrogens is 2. The van der Waals surface area contributed by atoms with Crippen molar-refractivity contribution in [2.24, 2.45) is 0 Å². The first kappa shape index (κ1) is 20.7. The molecule has 30 heavy (non-hydrogen) atoms. The summed E-state index contributed by atoms with van der Waals surface area (Å²) in [5, 5.41) is 11.5. The van der Waals surface area contributed by atoms with Gasteiger partial charge in [0, 0.05) is 11.1 Å². The Labute approximate surface area is 177 Å². The van der Waals surface area contributed by atoms with Crippen LogP contribution in [-0.2, 0) is 10.4 Å². The van der Waals surface area contributed by atoms with Crippen molar-refractivity contribution in [2.75, 3.05) is 44.3 Å². The molecule has 3 N–H and O–H groups in total. The van der Waals surface area contributed by atoms with E-state index in [9.17, 15) is 14.7 Å². The summed E-state index contributed by atoms with van der Waals surface area (Å²) in [5.41, 5.74) is 1.02. The van der Waals surface area contributed by atoms with Crippen molar-refractivity contribution in [1.82, 2.24) is 0 Å². The molecule has 0 unspecified atom stereocenters. The van der Waals surface area contributed by atoms with E-state index in [2.05, 4.69) is 6.92 Å². The van der Waals surface area contributed by atoms with Crippen molar-refractivity contribution < 1.29 is 24.5 Å². The molecule has 2 heterocycles. The van der Waals surface area contributed by atoms with Gasteiger partial charge in [-0.1, -0.05) is 48.0 Å². The molecule has 0 radical (unpaired) electrons. The van der Waals surface area contributed by atoms with Gasteiger partial charge >= 0.3 is 0 Å². The molecule has 0 spiro atoms. The number of anilines is 1. The topological polar surface area (TPSA) is 66.5 Å². The molecular formula is C24H31N3O3+2. The Morgan fingerprint density at radius 3 is 2.33 bits per heavy atom. The number of carbonyl (C=O) groups is 2. The number of aryl methyl sites for hydroxylation is 1. The highest BCUT2D eigenvalue weighted by Crippen LogP contribution is 2.42. The van der Waals surface area contributed by atoms with E-state index in [-0.39, 0.29) is 18.1 Å². The minimum atomic E-state index is -1.81. The summed E-state index contributed by atoms with van der Waals surface area (Å²) < 4.78 is 0. The van der Waals surface area contributed by atoms with Crippen LogP contribution in [0.4, 0.5) is 5.69 Å². The van der Waals surface area contributed by atoms with Gasteiger partial charge in [-0.05, 0) is 19.9 Å². The number of nitrogens with zero attached hydrogens (tertiary/aromatic N) is 1. The zero-order chi connectivity index (χ0) is 21.3. The number of likely N-dealkylation sites (N-methyl/N-ethyl adjacent to an activating group) is 1. The van der Waals surface area contributed by atoms with Crippen LogP contribution in [0.1, 0.15) is 34.8 Å². The first-order valence-electron chi connectivity index (χ1n) is 10.8. The third-order valence-electron chi connectivity index (χ3n) is 6.58. The van der Waals surface area contributed by atoms with Gasteiger partial charge in [-0.25, -0.2) is 0 Å². The Hall–Kier alpha value is -2.54. The monoisotopic (exact) mass is 409 g/mol. The zero-order valence-corrected chi connectivity index (χ0v) is 17.8. The number of carbonyl (C=O) groups excluding carboxylic acids is 2. The number of rotatable bonds is 6. The molecule has 1 saturated heterocycles. The first-order valence-corrected chi connectivity index (χ1v) is 10.8. The average molecular weight is 410 g/mol. The molecule has 0 bridgehead atoms. The quantitative estimate of drug-likeness (QED) is 0.567. The molecule has 2 aliphatic rings. The molecule has 2 aromatic carbocycles. The summed E-state index contributed by atoms with van der Waals surface area (Å²) in [4.78, 5) is 30.9. The molecule has 0 aliphatic carbocycles. The fourth-order valence-corrected chi connectivity index (χ4v) is 4.60. The number of hydrogen-bond donors (Lipinski definition) is 3. The molecule has 6 heteroatoms. The van der Waals surface area contributed by atoms with Gasteiger partial charge in [-0.3, -0.25) is 14.5 Å². The van der Waals surface area contributed by atoms with Crippen molar-refractivity contribution in [2.45, 2.75) is 25.9 Å². The van der Waals surface area contributed by atoms with Gasteiger partial charge in [-0.2, -0.15) is 0 Å². The van der Waals surface area contributed by atoms with Crippen LogP contribution in [0, 0.1) is 6.92 Å². The smallest absolute Gasteiger partial charge is 0.268 e. The molecule has 2 aromatic rings. The average Bonchev–Trinajstić information content (AvgIpc) is 2.97. The summed E-state index contributed by atoms with van der Waals surface area (Å²) in [5.74, 6) is -0.614. The van der Waals surface area contributed by atoms with Crippen LogP contribution in [0.3, 0.4) is 0 Å². The molecular weight excluding hydrogens is 378 g/mol. The Morgan fingerprint density at radius 1 is 1.03 bits per heavy atom. The fourth-order valence-electron chi connectivity index (χ4n) is 4.60. The first-order chi connectivity index (χ1) is 14.4. The molecule has 1 fully saturated rings. The second-order valence-corrected chi connectivity index (χ2v) is 8.59. The lowest BCUT2D eigenvalue weighted by atomic mass is 9.88. The van der Waals surface area contributed by atoms with Crippen LogP contribution in [-0.4, -0.2) is 56.2 Å². The predicted molar refractivity (Wildman–Crippen MR) is 115 cm³/mol. The minimum absolute atomic E-state index is 0.227. The van der Waals surface area contributed by atoms with Crippen LogP contribution in [0.15, 0.2) is 48.5 Å². The highest BCUT2D eigenvalue weighted by Gasteiger charge is 2.51. The SMILES string of the molecule is CC[NH+]1CC[NH+](CN2C(=O)[C@@](O)(CC(=O)c3ccc(C)cc3)c3ccccc32)CC1. The second kappa shape index (κ2) is 8.30. The number of piperazine rings is 1. The van der Waals surface area contributed by atoms with Crippen molar-refractivity contribution >= 4 is 17.4 Å². The van der Waals surface area contributed by atoms with Gasteiger partial charge in [0.25, 0.3) is 5.91 Å². The van der Waals surface area contributed by atoms with Crippen LogP contribution in [0.25, 0.3) is 0 Å². The maximum atomic E-state index is 13.4. The van der Waals surface area contributed by atoms with Crippen LogP contribution in [0.5, 0.6) is 0 Å². The highest BCUT2D eigenvalue weighted by molar-refractivity contribution is 6.10. The predicted octanol–water partition coefficient (Wildman–Crippen LogP) is -0.437. The number of nitrogens with one attached hydrogen (secondary N) is 2. The van der Waals surface area contributed by atoms with Crippen molar-refractivity contribution in [3.05, 3.63) is 65.2 Å². The summed E-state index contributed by atoms with van der Waals surface area (Å²) in [6.07, 6.45) is -0.245. The third kappa shape index (κ3) is 3.78. The lowest BCUT2D eigenvalue weighted by Crippen LogP contribution is -3.28. The summed E-state index contributed by atoms with van der Waals surface area (Å²) in [6, 6.07) is 14.6. The second-order valence-electron chi connectivity index (χ2n) is 8.59. The molecule has 2 aliphatic heterocycles. The van der Waals surface area contributed by atoms with Gasteiger partial charge in [0.1, 0.15) is 26.2 Å². The number of benzene rings is 2. The fraction of sp³-hybridized carbons (Fsp3) is 0.417. The van der Waals surface area contributed by atoms with Crippen LogP contribution < -0.4 is 14.7 Å². The van der Waals surface area contributed by atoms with Crippen molar-refractivity contribution in [3.63, 3.8) is 0 Å². The van der Waals surface area contributed by atoms with E-state index in [1.54, 1.807) is 28.0 Å². The highest BCUT2D eigenvalue weighted by atomic mass is 16.3. The van der Waals surface area contributed by atoms with Crippen molar-refractivity contribution in [1.29, 1.82) is 0 Å². The van der Waals surface area contributed by atoms with E-state index in [0.29, 0.717) is 17.8 Å². The number of amides is 1. The molecule has 1 atom stereocenters. The van der Waals surface area contributed by atoms with E-state index < -0.39 is 5.60 Å². The molecule has 6 nitrogen and oxygen atoms in total. The molecule has 0 aromatic heterocycles. The van der Waals surface area contributed by atoms with E-state index in [1.165, 1.54) is 4.90 Å². The zero-order valence-electron chi connectivity index (χ0n) is 17.8. The molecule has 0 saturated carbocycles. The van der Waals surface area contributed by atoms with E-state index in [0.717, 1.165) is 44.0 Å². The Morgan fingerprint density at radius 2 is 1.67 bits per heavy atom. The normalized spacial score (nSPS) is 26.0. The number of aliphatic hydroxyl groups is 1. The van der Waals surface area contributed by atoms with Gasteiger partial charge in [0.15, 0.2) is 18.1 Å². The van der Waals surface area contributed by atoms with Crippen LogP contribution >= 0.6 is 0 Å².